The smallest absolute Gasteiger partial charge is 0.157 e. The highest BCUT2D eigenvalue weighted by Crippen LogP contribution is 2.31. The summed E-state index contributed by atoms with van der Waals surface area (Å²) >= 11 is 9.18. The Bertz CT molecular complexity index is 90.2. The van der Waals surface area contributed by atoms with E-state index in [1.165, 1.54) is 0 Å². The second-order valence-corrected chi connectivity index (χ2v) is 10.2. The first kappa shape index (κ1) is 15.8. The van der Waals surface area contributed by atoms with Crippen LogP contribution in [0.25, 0.3) is 0 Å². The Balaban J connectivity index is 0. The molecule has 0 spiro atoms. The van der Waals surface area contributed by atoms with Crippen molar-refractivity contribution in [3.8, 4) is 0 Å². The standard InChI is InChI=1S/C5H12O.C2H3Br3O/c1-4-5(2,3)6;3-2(4,5)1-6/h6H,4H2,1-3H3;6H,1H2. The van der Waals surface area contributed by atoms with Crippen molar-refractivity contribution in [2.75, 3.05) is 6.61 Å². The second kappa shape index (κ2) is 6.76. The van der Waals surface area contributed by atoms with Gasteiger partial charge in [-0.2, -0.15) is 0 Å². The van der Waals surface area contributed by atoms with Gasteiger partial charge in [0.25, 0.3) is 0 Å². The molecule has 76 valence electrons. The summed E-state index contributed by atoms with van der Waals surface area (Å²) < 4.78 is -0.465. The maximum atomic E-state index is 8.83. The van der Waals surface area contributed by atoms with Crippen molar-refractivity contribution >= 4 is 47.8 Å². The predicted molar refractivity (Wildman–Crippen MR) is 63.2 cm³/mol. The first-order chi connectivity index (χ1) is 5.12. The first-order valence-corrected chi connectivity index (χ1v) is 5.90. The summed E-state index contributed by atoms with van der Waals surface area (Å²) in [6.07, 6.45) is 0.826. The van der Waals surface area contributed by atoms with Crippen LogP contribution >= 0.6 is 47.8 Å². The van der Waals surface area contributed by atoms with Gasteiger partial charge in [-0.05, 0) is 20.3 Å². The van der Waals surface area contributed by atoms with Gasteiger partial charge in [0.1, 0.15) is 0 Å². The molecule has 0 aromatic carbocycles. The van der Waals surface area contributed by atoms with Crippen LogP contribution in [0.4, 0.5) is 0 Å². The van der Waals surface area contributed by atoms with Gasteiger partial charge >= 0.3 is 0 Å². The molecule has 0 amide bonds. The van der Waals surface area contributed by atoms with Gasteiger partial charge in [-0.3, -0.25) is 0 Å². The van der Waals surface area contributed by atoms with Crippen LogP contribution in [0.1, 0.15) is 27.2 Å². The highest BCUT2D eigenvalue weighted by molar-refractivity contribution is 9.39. The minimum atomic E-state index is -0.465. The maximum Gasteiger partial charge on any atom is 0.157 e. The number of rotatable bonds is 1. The van der Waals surface area contributed by atoms with E-state index in [2.05, 4.69) is 47.8 Å². The monoisotopic (exact) mass is 368 g/mol. The van der Waals surface area contributed by atoms with Gasteiger partial charge in [0, 0.05) is 0 Å². The molecule has 0 aliphatic heterocycles. The van der Waals surface area contributed by atoms with E-state index >= 15 is 0 Å². The molecule has 0 unspecified atom stereocenters. The number of aliphatic hydroxyl groups is 2. The number of hydrogen-bond donors (Lipinski definition) is 2. The number of aliphatic hydroxyl groups excluding tert-OH is 1. The predicted octanol–water partition coefficient (Wildman–Crippen LogP) is 2.98. The molecule has 5 heteroatoms. The molecule has 0 saturated heterocycles. The van der Waals surface area contributed by atoms with Gasteiger partial charge < -0.3 is 10.2 Å². The van der Waals surface area contributed by atoms with Gasteiger partial charge in [-0.25, -0.2) is 0 Å². The van der Waals surface area contributed by atoms with Crippen LogP contribution in [0, 0.1) is 0 Å². The molecule has 0 aliphatic carbocycles. The summed E-state index contributed by atoms with van der Waals surface area (Å²) in [6.45, 7) is 5.58. The van der Waals surface area contributed by atoms with Gasteiger partial charge in [0.15, 0.2) is 2.14 Å². The SMILES string of the molecule is CCC(C)(C)O.OCC(Br)(Br)Br. The normalized spacial score (nSPS) is 12.0. The van der Waals surface area contributed by atoms with Gasteiger partial charge in [-0.1, -0.05) is 54.7 Å². The highest BCUT2D eigenvalue weighted by Gasteiger charge is 2.13. The quantitative estimate of drug-likeness (QED) is 0.697. The summed E-state index contributed by atoms with van der Waals surface area (Å²) in [5, 5.41) is 17.1. The van der Waals surface area contributed by atoms with Crippen molar-refractivity contribution in [2.24, 2.45) is 0 Å². The molecular weight excluding hydrogens is 356 g/mol. The van der Waals surface area contributed by atoms with Crippen molar-refractivity contribution in [2.45, 2.75) is 34.9 Å². The lowest BCUT2D eigenvalue weighted by molar-refractivity contribution is 0.0765. The van der Waals surface area contributed by atoms with Gasteiger partial charge in [-0.15, -0.1) is 0 Å². The molecule has 0 radical (unpaired) electrons. The van der Waals surface area contributed by atoms with E-state index in [4.69, 9.17) is 10.2 Å². The van der Waals surface area contributed by atoms with Crippen LogP contribution in [-0.2, 0) is 0 Å². The molecular formula is C7H15Br3O2. The Hall–Kier alpha value is 1.36. The number of alkyl halides is 3. The first-order valence-electron chi connectivity index (χ1n) is 3.52. The van der Waals surface area contributed by atoms with E-state index in [1.807, 2.05) is 6.92 Å². The minimum Gasteiger partial charge on any atom is -0.393 e. The largest absolute Gasteiger partial charge is 0.393 e. The average Bonchev–Trinajstić information content (AvgIpc) is 1.86. The topological polar surface area (TPSA) is 40.5 Å². The van der Waals surface area contributed by atoms with Gasteiger partial charge in [0.05, 0.1) is 12.2 Å². The zero-order valence-corrected chi connectivity index (χ0v) is 12.2. The molecule has 0 heterocycles. The summed E-state index contributed by atoms with van der Waals surface area (Å²) in [6, 6.07) is 0. The fraction of sp³-hybridized carbons (Fsp3) is 1.00. The lowest BCUT2D eigenvalue weighted by Gasteiger charge is -2.11. The summed E-state index contributed by atoms with van der Waals surface area (Å²) in [4.78, 5) is 0. The molecule has 2 nitrogen and oxygen atoms in total. The zero-order valence-electron chi connectivity index (χ0n) is 7.44. The molecule has 0 aromatic heterocycles. The lowest BCUT2D eigenvalue weighted by Crippen LogP contribution is -2.15. The maximum absolute atomic E-state index is 8.83. The summed E-state index contributed by atoms with van der Waals surface area (Å²) in [5.74, 6) is 0. The molecule has 0 aliphatic rings. The number of halogens is 3. The summed E-state index contributed by atoms with van der Waals surface area (Å²) in [7, 11) is 0. The van der Waals surface area contributed by atoms with E-state index in [0.29, 0.717) is 0 Å². The highest BCUT2D eigenvalue weighted by atomic mass is 80.0. The van der Waals surface area contributed by atoms with E-state index in [0.717, 1.165) is 6.42 Å². The fourth-order valence-corrected chi connectivity index (χ4v) is 0. The van der Waals surface area contributed by atoms with Crippen LogP contribution in [0.5, 0.6) is 0 Å². The van der Waals surface area contributed by atoms with Crippen molar-refractivity contribution in [1.82, 2.24) is 0 Å². The Morgan fingerprint density at radius 1 is 1.17 bits per heavy atom. The third kappa shape index (κ3) is 22.5. The van der Waals surface area contributed by atoms with Crippen LogP contribution in [0.2, 0.25) is 0 Å². The van der Waals surface area contributed by atoms with Crippen molar-refractivity contribution in [3.63, 3.8) is 0 Å². The molecule has 0 aromatic rings. The molecule has 0 fully saturated rings. The Kier molecular flexibility index (Phi) is 8.91. The molecule has 0 rings (SSSR count). The van der Waals surface area contributed by atoms with Crippen molar-refractivity contribution in [3.05, 3.63) is 0 Å². The van der Waals surface area contributed by atoms with E-state index in [9.17, 15) is 0 Å². The second-order valence-electron chi connectivity index (χ2n) is 2.94. The molecule has 2 N–H and O–H groups in total. The Morgan fingerprint density at radius 3 is 1.33 bits per heavy atom. The number of hydrogen-bond acceptors (Lipinski definition) is 2. The third-order valence-electron chi connectivity index (χ3n) is 1.04. The lowest BCUT2D eigenvalue weighted by atomic mass is 10.1. The van der Waals surface area contributed by atoms with E-state index in [1.54, 1.807) is 13.8 Å². The average molecular weight is 371 g/mol. The third-order valence-corrected chi connectivity index (χ3v) is 1.80. The van der Waals surface area contributed by atoms with Crippen LogP contribution in [-0.4, -0.2) is 24.6 Å². The molecule has 0 bridgehead atoms. The van der Waals surface area contributed by atoms with E-state index in [-0.39, 0.29) is 6.61 Å². The van der Waals surface area contributed by atoms with E-state index < -0.39 is 7.74 Å². The Morgan fingerprint density at radius 2 is 1.33 bits per heavy atom. The van der Waals surface area contributed by atoms with Crippen molar-refractivity contribution in [1.29, 1.82) is 0 Å². The fourth-order valence-electron chi connectivity index (χ4n) is 0. The molecule has 12 heavy (non-hydrogen) atoms. The Labute approximate surface area is 99.1 Å². The molecule has 0 saturated carbocycles. The molecule has 0 atom stereocenters. The van der Waals surface area contributed by atoms with Gasteiger partial charge in [0.2, 0.25) is 0 Å². The van der Waals surface area contributed by atoms with Crippen LogP contribution in [0.3, 0.4) is 0 Å². The summed E-state index contributed by atoms with van der Waals surface area (Å²) in [5.41, 5.74) is -0.458. The minimum absolute atomic E-state index is 0.0208. The van der Waals surface area contributed by atoms with Crippen LogP contribution in [0.15, 0.2) is 0 Å². The van der Waals surface area contributed by atoms with Crippen molar-refractivity contribution < 1.29 is 10.2 Å². The zero-order chi connectivity index (χ0) is 10.4. The van der Waals surface area contributed by atoms with Crippen LogP contribution < -0.4 is 0 Å².